The monoisotopic (exact) mass is 261 g/mol. The van der Waals surface area contributed by atoms with Gasteiger partial charge in [-0.25, -0.2) is 0 Å². The molecule has 1 heterocycles. The first kappa shape index (κ1) is 13.6. The number of carbonyl (C=O) groups excluding carboxylic acids is 2. The van der Waals surface area contributed by atoms with Gasteiger partial charge in [-0.3, -0.25) is 9.59 Å². The van der Waals surface area contributed by atoms with E-state index in [1.54, 1.807) is 18.1 Å². The Balaban J connectivity index is 2.17. The Bertz CT molecular complexity index is 486. The van der Waals surface area contributed by atoms with E-state index in [1.165, 1.54) is 0 Å². The molecule has 1 amide bonds. The predicted octanol–water partition coefficient (Wildman–Crippen LogP) is 2.06. The van der Waals surface area contributed by atoms with Crippen LogP contribution < -0.4 is 4.74 Å². The smallest absolute Gasteiger partial charge is 0.253 e. The van der Waals surface area contributed by atoms with Gasteiger partial charge in [0, 0.05) is 31.5 Å². The molecule has 0 N–H and O–H groups in total. The SMILES string of the molecule is CCc1cc(C(=O)N2CCC(=O)CC2)ccc1OC. The molecule has 4 heteroatoms. The van der Waals surface area contributed by atoms with Crippen LogP contribution in [0.1, 0.15) is 35.7 Å². The van der Waals surface area contributed by atoms with Crippen LogP contribution in [0.3, 0.4) is 0 Å². The van der Waals surface area contributed by atoms with Gasteiger partial charge < -0.3 is 9.64 Å². The van der Waals surface area contributed by atoms with Gasteiger partial charge in [0.15, 0.2) is 0 Å². The maximum atomic E-state index is 12.3. The molecule has 1 aliphatic rings. The molecule has 1 saturated heterocycles. The van der Waals surface area contributed by atoms with Crippen LogP contribution in [-0.4, -0.2) is 36.8 Å². The summed E-state index contributed by atoms with van der Waals surface area (Å²) < 4.78 is 5.26. The third-order valence-electron chi connectivity index (χ3n) is 3.52. The standard InChI is InChI=1S/C15H19NO3/c1-3-11-10-12(4-5-14(11)19-2)15(18)16-8-6-13(17)7-9-16/h4-5,10H,3,6-9H2,1-2H3. The highest BCUT2D eigenvalue weighted by Crippen LogP contribution is 2.22. The Labute approximate surface area is 113 Å². The number of nitrogens with zero attached hydrogens (tertiary/aromatic N) is 1. The van der Waals surface area contributed by atoms with Crippen LogP contribution in [0.5, 0.6) is 5.75 Å². The van der Waals surface area contributed by atoms with Crippen molar-refractivity contribution >= 4 is 11.7 Å². The topological polar surface area (TPSA) is 46.6 Å². The van der Waals surface area contributed by atoms with Crippen LogP contribution in [0.25, 0.3) is 0 Å². The number of amides is 1. The molecule has 1 aromatic carbocycles. The summed E-state index contributed by atoms with van der Waals surface area (Å²) in [5, 5.41) is 0. The average molecular weight is 261 g/mol. The summed E-state index contributed by atoms with van der Waals surface area (Å²) in [5.74, 6) is 1.06. The van der Waals surface area contributed by atoms with E-state index in [0.29, 0.717) is 31.5 Å². The van der Waals surface area contributed by atoms with E-state index in [4.69, 9.17) is 4.74 Å². The molecular formula is C15H19NO3. The van der Waals surface area contributed by atoms with Crippen molar-refractivity contribution in [2.75, 3.05) is 20.2 Å². The van der Waals surface area contributed by atoms with Gasteiger partial charge in [0.1, 0.15) is 11.5 Å². The fourth-order valence-corrected chi connectivity index (χ4v) is 2.33. The number of hydrogen-bond donors (Lipinski definition) is 0. The van der Waals surface area contributed by atoms with Gasteiger partial charge in [-0.1, -0.05) is 6.92 Å². The highest BCUT2D eigenvalue weighted by atomic mass is 16.5. The molecule has 0 radical (unpaired) electrons. The summed E-state index contributed by atoms with van der Waals surface area (Å²) in [6.45, 7) is 3.10. The summed E-state index contributed by atoms with van der Waals surface area (Å²) in [6.07, 6.45) is 1.77. The Kier molecular flexibility index (Phi) is 4.20. The number of Topliss-reactive ketones (excluding diaryl/α,β-unsaturated/α-hetero) is 1. The first-order valence-electron chi connectivity index (χ1n) is 6.63. The molecule has 19 heavy (non-hydrogen) atoms. The molecule has 0 aliphatic carbocycles. The predicted molar refractivity (Wildman–Crippen MR) is 72.5 cm³/mol. The second kappa shape index (κ2) is 5.87. The van der Waals surface area contributed by atoms with Crippen molar-refractivity contribution in [2.45, 2.75) is 26.2 Å². The number of ether oxygens (including phenoxy) is 1. The van der Waals surface area contributed by atoms with E-state index >= 15 is 0 Å². The number of hydrogen-bond acceptors (Lipinski definition) is 3. The van der Waals surface area contributed by atoms with Gasteiger partial charge in [-0.15, -0.1) is 0 Å². The number of benzene rings is 1. The number of ketones is 1. The zero-order valence-electron chi connectivity index (χ0n) is 11.4. The molecule has 0 saturated carbocycles. The van der Waals surface area contributed by atoms with Crippen molar-refractivity contribution < 1.29 is 14.3 Å². The maximum Gasteiger partial charge on any atom is 0.253 e. The van der Waals surface area contributed by atoms with E-state index < -0.39 is 0 Å². The number of carbonyl (C=O) groups is 2. The van der Waals surface area contributed by atoms with E-state index in [9.17, 15) is 9.59 Å². The third-order valence-corrected chi connectivity index (χ3v) is 3.52. The number of likely N-dealkylation sites (tertiary alicyclic amines) is 1. The van der Waals surface area contributed by atoms with Gasteiger partial charge in [-0.2, -0.15) is 0 Å². The van der Waals surface area contributed by atoms with Crippen LogP contribution in [0, 0.1) is 0 Å². The normalized spacial score (nSPS) is 15.5. The fraction of sp³-hybridized carbons (Fsp3) is 0.467. The van der Waals surface area contributed by atoms with Crippen LogP contribution in [0.2, 0.25) is 0 Å². The van der Waals surface area contributed by atoms with Gasteiger partial charge >= 0.3 is 0 Å². The van der Waals surface area contributed by atoms with Crippen molar-refractivity contribution in [1.29, 1.82) is 0 Å². The molecule has 1 aromatic rings. The van der Waals surface area contributed by atoms with E-state index in [-0.39, 0.29) is 11.7 Å². The summed E-state index contributed by atoms with van der Waals surface area (Å²) >= 11 is 0. The molecule has 1 fully saturated rings. The van der Waals surface area contributed by atoms with E-state index in [0.717, 1.165) is 17.7 Å². The van der Waals surface area contributed by atoms with Crippen molar-refractivity contribution in [2.24, 2.45) is 0 Å². The molecule has 0 unspecified atom stereocenters. The van der Waals surface area contributed by atoms with Crippen molar-refractivity contribution in [3.63, 3.8) is 0 Å². The minimum absolute atomic E-state index is 0.00449. The third kappa shape index (κ3) is 2.95. The number of piperidine rings is 1. The lowest BCUT2D eigenvalue weighted by atomic mass is 10.0. The van der Waals surface area contributed by atoms with Crippen molar-refractivity contribution in [3.8, 4) is 5.75 Å². The van der Waals surface area contributed by atoms with Gasteiger partial charge in [0.25, 0.3) is 5.91 Å². The Morgan fingerprint density at radius 3 is 2.58 bits per heavy atom. The molecule has 0 aromatic heterocycles. The van der Waals surface area contributed by atoms with Crippen LogP contribution in [0.4, 0.5) is 0 Å². The molecule has 2 rings (SSSR count). The van der Waals surface area contributed by atoms with Crippen LogP contribution in [0.15, 0.2) is 18.2 Å². The molecular weight excluding hydrogens is 242 g/mol. The molecule has 0 bridgehead atoms. The Morgan fingerprint density at radius 2 is 2.00 bits per heavy atom. The average Bonchev–Trinajstić information content (AvgIpc) is 2.46. The van der Waals surface area contributed by atoms with Gasteiger partial charge in [0.05, 0.1) is 7.11 Å². The molecule has 4 nitrogen and oxygen atoms in total. The van der Waals surface area contributed by atoms with E-state index in [2.05, 4.69) is 0 Å². The van der Waals surface area contributed by atoms with Crippen molar-refractivity contribution in [3.05, 3.63) is 29.3 Å². The minimum atomic E-state index is 0.00449. The molecule has 0 spiro atoms. The lowest BCUT2D eigenvalue weighted by Gasteiger charge is -2.26. The van der Waals surface area contributed by atoms with Gasteiger partial charge in [-0.05, 0) is 30.2 Å². The molecule has 102 valence electrons. The summed E-state index contributed by atoms with van der Waals surface area (Å²) in [6, 6.07) is 5.51. The highest BCUT2D eigenvalue weighted by Gasteiger charge is 2.22. The van der Waals surface area contributed by atoms with Crippen LogP contribution in [-0.2, 0) is 11.2 Å². The second-order valence-electron chi connectivity index (χ2n) is 4.71. The Morgan fingerprint density at radius 1 is 1.32 bits per heavy atom. The fourth-order valence-electron chi connectivity index (χ4n) is 2.33. The van der Waals surface area contributed by atoms with E-state index in [1.807, 2.05) is 19.1 Å². The zero-order valence-corrected chi connectivity index (χ0v) is 11.4. The first-order valence-corrected chi connectivity index (χ1v) is 6.63. The number of rotatable bonds is 3. The minimum Gasteiger partial charge on any atom is -0.496 e. The summed E-state index contributed by atoms with van der Waals surface area (Å²) in [7, 11) is 1.63. The summed E-state index contributed by atoms with van der Waals surface area (Å²) in [5.41, 5.74) is 1.70. The number of methoxy groups -OCH3 is 1. The number of aryl methyl sites for hydroxylation is 1. The van der Waals surface area contributed by atoms with Crippen molar-refractivity contribution in [1.82, 2.24) is 4.90 Å². The van der Waals surface area contributed by atoms with Crippen LogP contribution >= 0.6 is 0 Å². The first-order chi connectivity index (χ1) is 9.15. The molecule has 0 atom stereocenters. The second-order valence-corrected chi connectivity index (χ2v) is 4.71. The Hall–Kier alpha value is -1.84. The maximum absolute atomic E-state index is 12.3. The van der Waals surface area contributed by atoms with Gasteiger partial charge in [0.2, 0.25) is 0 Å². The lowest BCUT2D eigenvalue weighted by molar-refractivity contribution is -0.120. The lowest BCUT2D eigenvalue weighted by Crippen LogP contribution is -2.38. The molecule has 1 aliphatic heterocycles. The zero-order chi connectivity index (χ0) is 13.8. The quantitative estimate of drug-likeness (QED) is 0.836. The highest BCUT2D eigenvalue weighted by molar-refractivity contribution is 5.95. The largest absolute Gasteiger partial charge is 0.496 e. The summed E-state index contributed by atoms with van der Waals surface area (Å²) in [4.78, 5) is 25.3.